The number of benzene rings is 3. The van der Waals surface area contributed by atoms with Crippen molar-refractivity contribution >= 4 is 44.5 Å². The van der Waals surface area contributed by atoms with E-state index in [0.717, 1.165) is 53.5 Å². The van der Waals surface area contributed by atoms with Crippen molar-refractivity contribution in [1.29, 1.82) is 0 Å². The first-order chi connectivity index (χ1) is 22.9. The van der Waals surface area contributed by atoms with Crippen LogP contribution in [0.25, 0.3) is 44.3 Å². The monoisotopic (exact) mass is 638 g/mol. The molecule has 7 heteroatoms. The number of rotatable bonds is 17. The van der Waals surface area contributed by atoms with E-state index >= 15 is 0 Å². The second-order valence-electron chi connectivity index (χ2n) is 12.9. The van der Waals surface area contributed by atoms with E-state index < -0.39 is 11.6 Å². The maximum absolute atomic E-state index is 13.7. The molecule has 0 bridgehead atoms. The summed E-state index contributed by atoms with van der Waals surface area (Å²) in [5.41, 5.74) is 3.93. The fourth-order valence-corrected chi connectivity index (χ4v) is 6.61. The summed E-state index contributed by atoms with van der Waals surface area (Å²) in [7, 11) is 1.31. The zero-order valence-corrected chi connectivity index (χ0v) is 28.9. The molecule has 2 aromatic heterocycles. The molecule has 0 fully saturated rings. The van der Waals surface area contributed by atoms with Crippen molar-refractivity contribution in [2.75, 3.05) is 25.1 Å². The molecule has 2 heterocycles. The minimum absolute atomic E-state index is 0.0242. The third kappa shape index (κ3) is 7.89. The number of esters is 1. The van der Waals surface area contributed by atoms with Crippen LogP contribution in [0.5, 0.6) is 0 Å². The lowest BCUT2D eigenvalue weighted by Crippen LogP contribution is -2.25. The van der Waals surface area contributed by atoms with Crippen LogP contribution >= 0.6 is 0 Å². The number of carbonyl (C=O) groups is 1. The van der Waals surface area contributed by atoms with Gasteiger partial charge in [0.25, 0.3) is 0 Å². The van der Waals surface area contributed by atoms with Gasteiger partial charge in [-0.15, -0.1) is 0 Å². The molecule has 0 spiro atoms. The van der Waals surface area contributed by atoms with E-state index in [4.69, 9.17) is 18.6 Å². The first kappa shape index (κ1) is 34.2. The summed E-state index contributed by atoms with van der Waals surface area (Å²) in [5.74, 6) is -0.592. The predicted octanol–water partition coefficient (Wildman–Crippen LogP) is 10.7. The van der Waals surface area contributed by atoms with Gasteiger partial charge in [-0.05, 0) is 61.9 Å². The molecule has 0 saturated heterocycles. The zero-order chi connectivity index (χ0) is 33.3. The summed E-state index contributed by atoms with van der Waals surface area (Å²) in [6.45, 7) is 10.3. The van der Waals surface area contributed by atoms with Crippen molar-refractivity contribution < 1.29 is 18.4 Å². The van der Waals surface area contributed by atoms with E-state index in [1.54, 1.807) is 0 Å². The van der Waals surface area contributed by atoms with E-state index in [9.17, 15) is 9.59 Å². The van der Waals surface area contributed by atoms with Gasteiger partial charge in [-0.3, -0.25) is 0 Å². The smallest absolute Gasteiger partial charge is 0.350 e. The quantitative estimate of drug-likeness (QED) is 0.0569. The summed E-state index contributed by atoms with van der Waals surface area (Å²) in [6.07, 6.45) is 14.8. The SMILES string of the molecule is CCCCCCCCCCN(CCCCCC)c1ccc2c(C(=O)OC)c(-c3nc4c(o3)c(C)cc3ccc(C)cc34)c(=O)oc2c1. The van der Waals surface area contributed by atoms with Crippen LogP contribution in [0.15, 0.2) is 56.1 Å². The Labute approximate surface area is 278 Å². The molecule has 0 aliphatic heterocycles. The summed E-state index contributed by atoms with van der Waals surface area (Å²) in [6, 6.07) is 14.0. The first-order valence-corrected chi connectivity index (χ1v) is 17.6. The van der Waals surface area contributed by atoms with Crippen LogP contribution in [-0.4, -0.2) is 31.2 Å². The second kappa shape index (κ2) is 16.1. The van der Waals surface area contributed by atoms with Gasteiger partial charge in [-0.25, -0.2) is 14.6 Å². The molecule has 0 N–H and O–H groups in total. The van der Waals surface area contributed by atoms with Gasteiger partial charge in [0.2, 0.25) is 5.89 Å². The number of carbonyl (C=O) groups excluding carboxylic acids is 1. The topological polar surface area (TPSA) is 85.8 Å². The average Bonchev–Trinajstić information content (AvgIpc) is 3.52. The molecule has 0 atom stereocenters. The zero-order valence-electron chi connectivity index (χ0n) is 28.9. The predicted molar refractivity (Wildman–Crippen MR) is 193 cm³/mol. The molecule has 250 valence electrons. The number of aryl methyl sites for hydroxylation is 2. The normalized spacial score (nSPS) is 11.6. The molecule has 5 aromatic rings. The molecular weight excluding hydrogens is 588 g/mol. The Hall–Kier alpha value is -4.13. The molecule has 7 nitrogen and oxygen atoms in total. The maximum atomic E-state index is 13.7. The lowest BCUT2D eigenvalue weighted by atomic mass is 10.0. The number of hydrogen-bond acceptors (Lipinski definition) is 7. The highest BCUT2D eigenvalue weighted by molar-refractivity contribution is 6.10. The number of fused-ring (bicyclic) bond motifs is 4. The number of hydrogen-bond donors (Lipinski definition) is 0. The molecule has 5 rings (SSSR count). The molecule has 47 heavy (non-hydrogen) atoms. The van der Waals surface area contributed by atoms with Gasteiger partial charge in [0.1, 0.15) is 16.7 Å². The Kier molecular flexibility index (Phi) is 11.7. The maximum Gasteiger partial charge on any atom is 0.350 e. The third-order valence-electron chi connectivity index (χ3n) is 9.24. The van der Waals surface area contributed by atoms with Gasteiger partial charge in [-0.2, -0.15) is 0 Å². The van der Waals surface area contributed by atoms with Gasteiger partial charge >= 0.3 is 11.6 Å². The molecule has 0 saturated carbocycles. The molecular formula is C40H50N2O5. The van der Waals surface area contributed by atoms with Crippen molar-refractivity contribution in [3.63, 3.8) is 0 Å². The average molecular weight is 639 g/mol. The summed E-state index contributed by atoms with van der Waals surface area (Å²) < 4.78 is 17.4. The largest absolute Gasteiger partial charge is 0.465 e. The van der Waals surface area contributed by atoms with Gasteiger partial charge in [0.15, 0.2) is 5.58 Å². The number of anilines is 1. The number of ether oxygens (including phenoxy) is 1. The third-order valence-corrected chi connectivity index (χ3v) is 9.24. The van der Waals surface area contributed by atoms with E-state index in [0.29, 0.717) is 22.1 Å². The molecule has 0 aliphatic rings. The van der Waals surface area contributed by atoms with Gasteiger partial charge in [0, 0.05) is 35.6 Å². The van der Waals surface area contributed by atoms with Crippen molar-refractivity contribution in [3.8, 4) is 11.5 Å². The lowest BCUT2D eigenvalue weighted by molar-refractivity contribution is 0.0603. The highest BCUT2D eigenvalue weighted by atomic mass is 16.5. The molecule has 0 radical (unpaired) electrons. The van der Waals surface area contributed by atoms with Gasteiger partial charge < -0.3 is 18.5 Å². The molecule has 0 unspecified atom stereocenters. The number of aromatic nitrogens is 1. The van der Waals surface area contributed by atoms with Crippen LogP contribution in [0.3, 0.4) is 0 Å². The number of nitrogens with zero attached hydrogens (tertiary/aromatic N) is 2. The molecule has 3 aromatic carbocycles. The van der Waals surface area contributed by atoms with Crippen molar-refractivity contribution in [2.45, 2.75) is 105 Å². The Balaban J connectivity index is 1.50. The van der Waals surface area contributed by atoms with E-state index in [2.05, 4.69) is 36.9 Å². The van der Waals surface area contributed by atoms with Gasteiger partial charge in [0.05, 0.1) is 12.7 Å². The van der Waals surface area contributed by atoms with E-state index in [1.165, 1.54) is 71.3 Å². The van der Waals surface area contributed by atoms with Crippen molar-refractivity contribution in [2.24, 2.45) is 0 Å². The second-order valence-corrected chi connectivity index (χ2v) is 12.9. The lowest BCUT2D eigenvalue weighted by Gasteiger charge is -2.25. The van der Waals surface area contributed by atoms with Crippen LogP contribution < -0.4 is 10.5 Å². The number of methoxy groups -OCH3 is 1. The van der Waals surface area contributed by atoms with Crippen LogP contribution in [0.4, 0.5) is 5.69 Å². The minimum atomic E-state index is -0.683. The van der Waals surface area contributed by atoms with E-state index in [-0.39, 0.29) is 17.0 Å². The Morgan fingerprint density at radius 2 is 1.45 bits per heavy atom. The Morgan fingerprint density at radius 3 is 2.13 bits per heavy atom. The van der Waals surface area contributed by atoms with Crippen molar-refractivity contribution in [3.05, 3.63) is 69.6 Å². The van der Waals surface area contributed by atoms with Gasteiger partial charge in [-0.1, -0.05) is 95.8 Å². The standard InChI is InChI=1S/C40H50N2O5/c1-6-8-10-12-13-14-15-17-23-42(22-16-11-9-7-2)30-20-21-31-33(26-30)46-40(44)35(34(31)39(43)45-5)38-41-36-32-24-27(3)18-19-29(32)25-28(4)37(36)47-38/h18-21,24-26H,6-17,22-23H2,1-5H3. The Morgan fingerprint density at radius 1 is 0.787 bits per heavy atom. The van der Waals surface area contributed by atoms with E-state index in [1.807, 2.05) is 38.1 Å². The fraction of sp³-hybridized carbons (Fsp3) is 0.475. The van der Waals surface area contributed by atoms with Crippen LogP contribution in [-0.2, 0) is 4.74 Å². The minimum Gasteiger partial charge on any atom is -0.465 e. The first-order valence-electron chi connectivity index (χ1n) is 17.6. The number of oxazole rings is 1. The summed E-state index contributed by atoms with van der Waals surface area (Å²) in [4.78, 5) is 34.2. The highest BCUT2D eigenvalue weighted by Crippen LogP contribution is 2.35. The van der Waals surface area contributed by atoms with Crippen LogP contribution in [0.2, 0.25) is 0 Å². The summed E-state index contributed by atoms with van der Waals surface area (Å²) in [5, 5.41) is 2.44. The highest BCUT2D eigenvalue weighted by Gasteiger charge is 2.27. The van der Waals surface area contributed by atoms with Crippen molar-refractivity contribution in [1.82, 2.24) is 4.98 Å². The fourth-order valence-electron chi connectivity index (χ4n) is 6.61. The molecule has 0 aliphatic carbocycles. The Bertz CT molecular complexity index is 1890. The number of unbranched alkanes of at least 4 members (excludes halogenated alkanes) is 10. The van der Waals surface area contributed by atoms with Crippen LogP contribution in [0, 0.1) is 13.8 Å². The molecule has 0 amide bonds. The van der Waals surface area contributed by atoms with Crippen LogP contribution in [0.1, 0.15) is 112 Å². The summed E-state index contributed by atoms with van der Waals surface area (Å²) >= 11 is 0.